The first-order valence-electron chi connectivity index (χ1n) is 6.95. The van der Waals surface area contributed by atoms with Gasteiger partial charge in [0.05, 0.1) is 4.92 Å². The smallest absolute Gasteiger partial charge is 0.271 e. The number of hydrogen-bond acceptors (Lipinski definition) is 4. The summed E-state index contributed by atoms with van der Waals surface area (Å²) < 4.78 is 0. The fourth-order valence-corrected chi connectivity index (χ4v) is 2.88. The van der Waals surface area contributed by atoms with Crippen molar-refractivity contribution in [2.75, 3.05) is 19.6 Å². The zero-order valence-electron chi connectivity index (χ0n) is 11.6. The first-order valence-corrected chi connectivity index (χ1v) is 7.33. The topological polar surface area (TPSA) is 89.5 Å². The van der Waals surface area contributed by atoms with Gasteiger partial charge in [0, 0.05) is 35.8 Å². The summed E-state index contributed by atoms with van der Waals surface area (Å²) in [5.41, 5.74) is 5.65. The van der Waals surface area contributed by atoms with Gasteiger partial charge in [0.1, 0.15) is 0 Å². The molecule has 0 unspecified atom stereocenters. The van der Waals surface area contributed by atoms with Crippen LogP contribution in [0.2, 0.25) is 5.02 Å². The molecule has 0 aromatic heterocycles. The summed E-state index contributed by atoms with van der Waals surface area (Å²) in [4.78, 5) is 24.4. The highest BCUT2D eigenvalue weighted by Gasteiger charge is 2.24. The molecule has 1 saturated heterocycles. The Hall–Kier alpha value is -1.66. The Morgan fingerprint density at radius 2 is 2.05 bits per heavy atom. The van der Waals surface area contributed by atoms with E-state index in [1.54, 1.807) is 4.90 Å². The minimum absolute atomic E-state index is 0.163. The summed E-state index contributed by atoms with van der Waals surface area (Å²) in [6.07, 6.45) is 2.82. The van der Waals surface area contributed by atoms with Crippen LogP contribution in [0.15, 0.2) is 18.2 Å². The number of nitrogens with two attached hydrogens (primary N) is 1. The Morgan fingerprint density at radius 3 is 2.62 bits per heavy atom. The number of nitro groups is 1. The normalized spacial score (nSPS) is 16.0. The van der Waals surface area contributed by atoms with Gasteiger partial charge in [-0.3, -0.25) is 14.9 Å². The van der Waals surface area contributed by atoms with E-state index in [2.05, 4.69) is 0 Å². The van der Waals surface area contributed by atoms with Gasteiger partial charge in [-0.05, 0) is 37.8 Å². The van der Waals surface area contributed by atoms with Crippen molar-refractivity contribution in [1.29, 1.82) is 0 Å². The third kappa shape index (κ3) is 3.92. The van der Waals surface area contributed by atoms with Gasteiger partial charge < -0.3 is 10.6 Å². The highest BCUT2D eigenvalue weighted by molar-refractivity contribution is 6.31. The minimum Gasteiger partial charge on any atom is -0.339 e. The molecule has 0 spiro atoms. The van der Waals surface area contributed by atoms with Crippen molar-refractivity contribution in [3.8, 4) is 0 Å². The molecule has 1 fully saturated rings. The molecule has 0 bridgehead atoms. The molecule has 0 radical (unpaired) electrons. The molecule has 0 saturated carbocycles. The second-order valence-corrected chi connectivity index (χ2v) is 5.70. The Kier molecular flexibility index (Phi) is 5.14. The number of carbonyl (C=O) groups excluding carboxylic acids is 1. The lowest BCUT2D eigenvalue weighted by molar-refractivity contribution is -0.384. The molecular formula is C14H18ClN3O3. The molecule has 1 heterocycles. The summed E-state index contributed by atoms with van der Waals surface area (Å²) in [7, 11) is 0. The number of piperidine rings is 1. The quantitative estimate of drug-likeness (QED) is 0.683. The number of nitrogens with zero attached hydrogens (tertiary/aromatic N) is 2. The molecule has 0 aliphatic carbocycles. The molecule has 1 aromatic rings. The average Bonchev–Trinajstić information content (AvgIpc) is 2.47. The lowest BCUT2D eigenvalue weighted by Crippen LogP contribution is -2.38. The predicted molar refractivity (Wildman–Crippen MR) is 80.4 cm³/mol. The molecular weight excluding hydrogens is 294 g/mol. The maximum atomic E-state index is 12.4. The van der Waals surface area contributed by atoms with Crippen LogP contribution >= 0.6 is 11.6 Å². The van der Waals surface area contributed by atoms with Crippen molar-refractivity contribution >= 4 is 23.2 Å². The molecule has 1 amide bonds. The standard InChI is InChI=1S/C14H18ClN3O3/c15-12-7-11(8-13(9-12)18(20)21)14(19)17-5-2-10(1-4-16)3-6-17/h7-10H,1-6,16H2. The number of halogens is 1. The van der Waals surface area contributed by atoms with Crippen molar-refractivity contribution < 1.29 is 9.72 Å². The maximum absolute atomic E-state index is 12.4. The third-order valence-corrected chi connectivity index (χ3v) is 4.04. The highest BCUT2D eigenvalue weighted by Crippen LogP contribution is 2.25. The van der Waals surface area contributed by atoms with Crippen LogP contribution in [0.25, 0.3) is 0 Å². The molecule has 0 atom stereocenters. The molecule has 7 heteroatoms. The molecule has 2 N–H and O–H groups in total. The molecule has 6 nitrogen and oxygen atoms in total. The van der Waals surface area contributed by atoms with Gasteiger partial charge in [0.25, 0.3) is 11.6 Å². The van der Waals surface area contributed by atoms with Crippen LogP contribution in [0.3, 0.4) is 0 Å². The van der Waals surface area contributed by atoms with Crippen molar-refractivity contribution in [1.82, 2.24) is 4.90 Å². The Morgan fingerprint density at radius 1 is 1.38 bits per heavy atom. The van der Waals surface area contributed by atoms with Crippen LogP contribution in [-0.2, 0) is 0 Å². The van der Waals surface area contributed by atoms with E-state index >= 15 is 0 Å². The molecule has 1 aliphatic rings. The maximum Gasteiger partial charge on any atom is 0.271 e. The first-order chi connectivity index (χ1) is 10.0. The summed E-state index contributed by atoms with van der Waals surface area (Å²) in [6, 6.07) is 3.99. The van der Waals surface area contributed by atoms with Gasteiger partial charge in [0.15, 0.2) is 0 Å². The number of hydrogen-bond donors (Lipinski definition) is 1. The third-order valence-electron chi connectivity index (χ3n) is 3.82. The summed E-state index contributed by atoms with van der Waals surface area (Å²) in [6.45, 7) is 1.98. The zero-order chi connectivity index (χ0) is 15.4. The fourth-order valence-electron chi connectivity index (χ4n) is 2.65. The van der Waals surface area contributed by atoms with Gasteiger partial charge in [0.2, 0.25) is 0 Å². The molecule has 21 heavy (non-hydrogen) atoms. The Labute approximate surface area is 128 Å². The second-order valence-electron chi connectivity index (χ2n) is 5.27. The van der Waals surface area contributed by atoms with Crippen molar-refractivity contribution in [3.05, 3.63) is 38.9 Å². The lowest BCUT2D eigenvalue weighted by Gasteiger charge is -2.32. The summed E-state index contributed by atoms with van der Waals surface area (Å²) >= 11 is 5.85. The van der Waals surface area contributed by atoms with Gasteiger partial charge in [-0.2, -0.15) is 0 Å². The van der Waals surface area contributed by atoms with Crippen molar-refractivity contribution in [2.45, 2.75) is 19.3 Å². The SMILES string of the molecule is NCCC1CCN(C(=O)c2cc(Cl)cc([N+](=O)[O-])c2)CC1. The number of carbonyl (C=O) groups is 1. The number of benzene rings is 1. The van der Waals surface area contributed by atoms with Gasteiger partial charge >= 0.3 is 0 Å². The molecule has 1 aromatic carbocycles. The Bertz CT molecular complexity index is 542. The van der Waals surface area contributed by atoms with E-state index in [4.69, 9.17) is 17.3 Å². The molecule has 1 aliphatic heterocycles. The summed E-state index contributed by atoms with van der Waals surface area (Å²) in [5.74, 6) is 0.361. The van der Waals surface area contributed by atoms with Gasteiger partial charge in [-0.15, -0.1) is 0 Å². The predicted octanol–water partition coefficient (Wildman–Crippen LogP) is 2.45. The molecule has 2 rings (SSSR count). The summed E-state index contributed by atoms with van der Waals surface area (Å²) in [5, 5.41) is 11.0. The average molecular weight is 312 g/mol. The van der Waals surface area contributed by atoms with E-state index in [0.29, 0.717) is 25.6 Å². The van der Waals surface area contributed by atoms with Crippen LogP contribution in [-0.4, -0.2) is 35.4 Å². The van der Waals surface area contributed by atoms with Crippen LogP contribution in [0.1, 0.15) is 29.6 Å². The number of likely N-dealkylation sites (tertiary alicyclic amines) is 1. The van der Waals surface area contributed by atoms with Crippen LogP contribution in [0.4, 0.5) is 5.69 Å². The van der Waals surface area contributed by atoms with Crippen LogP contribution < -0.4 is 5.73 Å². The lowest BCUT2D eigenvalue weighted by atomic mass is 9.93. The number of non-ortho nitro benzene ring substituents is 1. The first kappa shape index (κ1) is 15.7. The van der Waals surface area contributed by atoms with Crippen molar-refractivity contribution in [2.24, 2.45) is 11.7 Å². The number of rotatable bonds is 4. The highest BCUT2D eigenvalue weighted by atomic mass is 35.5. The van der Waals surface area contributed by atoms with Crippen LogP contribution in [0.5, 0.6) is 0 Å². The second kappa shape index (κ2) is 6.87. The van der Waals surface area contributed by atoms with E-state index in [-0.39, 0.29) is 22.2 Å². The largest absolute Gasteiger partial charge is 0.339 e. The van der Waals surface area contributed by atoms with Gasteiger partial charge in [-0.25, -0.2) is 0 Å². The number of amides is 1. The fraction of sp³-hybridized carbons (Fsp3) is 0.500. The van der Waals surface area contributed by atoms with E-state index in [1.165, 1.54) is 18.2 Å². The zero-order valence-corrected chi connectivity index (χ0v) is 12.4. The van der Waals surface area contributed by atoms with E-state index in [0.717, 1.165) is 19.3 Å². The van der Waals surface area contributed by atoms with Crippen molar-refractivity contribution in [3.63, 3.8) is 0 Å². The monoisotopic (exact) mass is 311 g/mol. The number of nitro benzene ring substituents is 1. The van der Waals surface area contributed by atoms with E-state index in [1.807, 2.05) is 0 Å². The van der Waals surface area contributed by atoms with Crippen LogP contribution in [0, 0.1) is 16.0 Å². The van der Waals surface area contributed by atoms with Gasteiger partial charge in [-0.1, -0.05) is 11.6 Å². The Balaban J connectivity index is 2.09. The molecule has 114 valence electrons. The van der Waals surface area contributed by atoms with E-state index < -0.39 is 4.92 Å². The van der Waals surface area contributed by atoms with E-state index in [9.17, 15) is 14.9 Å². The minimum atomic E-state index is -0.545.